The number of aromatic nitrogens is 3. The molecule has 4 nitrogen and oxygen atoms in total. The van der Waals surface area contributed by atoms with Crippen molar-refractivity contribution in [3.8, 4) is 0 Å². The number of nitrogens with zero attached hydrogens (tertiary/aromatic N) is 3. The van der Waals surface area contributed by atoms with E-state index in [1.54, 1.807) is 24.0 Å². The summed E-state index contributed by atoms with van der Waals surface area (Å²) in [5.41, 5.74) is 1.62. The van der Waals surface area contributed by atoms with Gasteiger partial charge in [-0.3, -0.25) is 4.68 Å². The highest BCUT2D eigenvalue weighted by molar-refractivity contribution is 5.20. The van der Waals surface area contributed by atoms with E-state index >= 15 is 0 Å². The second kappa shape index (κ2) is 5.22. The topological polar surface area (TPSA) is 42.7 Å². The van der Waals surface area contributed by atoms with E-state index in [0.29, 0.717) is 12.1 Å². The van der Waals surface area contributed by atoms with Crippen LogP contribution in [-0.2, 0) is 13.6 Å². The Labute approximate surface area is 104 Å². The van der Waals surface area contributed by atoms with Gasteiger partial charge in [0.2, 0.25) is 0 Å². The quantitative estimate of drug-likeness (QED) is 0.904. The van der Waals surface area contributed by atoms with Crippen LogP contribution in [0.3, 0.4) is 0 Å². The molecule has 0 aliphatic carbocycles. The maximum absolute atomic E-state index is 13.1. The van der Waals surface area contributed by atoms with Gasteiger partial charge in [0.1, 0.15) is 0 Å². The monoisotopic (exact) mass is 252 g/mol. The van der Waals surface area contributed by atoms with E-state index in [9.17, 15) is 8.78 Å². The molecule has 2 rings (SSSR count). The third-order valence-electron chi connectivity index (χ3n) is 2.84. The maximum Gasteiger partial charge on any atom is 0.159 e. The smallest absolute Gasteiger partial charge is 0.159 e. The molecule has 0 bridgehead atoms. The lowest BCUT2D eigenvalue weighted by Gasteiger charge is -2.14. The van der Waals surface area contributed by atoms with Crippen LogP contribution in [0.5, 0.6) is 0 Å². The standard InChI is InChI=1S/C12H14F2N4/c1-8(9-3-4-11(13)12(14)5-9)15-6-10-7-16-17-18(10)2/h3-5,7-8,15H,6H2,1-2H3. The molecule has 0 saturated heterocycles. The van der Waals surface area contributed by atoms with Gasteiger partial charge in [-0.15, -0.1) is 5.10 Å². The molecule has 2 aromatic rings. The lowest BCUT2D eigenvalue weighted by Crippen LogP contribution is -2.20. The number of halogens is 2. The van der Waals surface area contributed by atoms with E-state index in [2.05, 4.69) is 15.6 Å². The average molecular weight is 252 g/mol. The van der Waals surface area contributed by atoms with Gasteiger partial charge in [-0.2, -0.15) is 0 Å². The van der Waals surface area contributed by atoms with Crippen molar-refractivity contribution >= 4 is 0 Å². The van der Waals surface area contributed by atoms with Crippen LogP contribution < -0.4 is 5.32 Å². The summed E-state index contributed by atoms with van der Waals surface area (Å²) in [4.78, 5) is 0. The van der Waals surface area contributed by atoms with E-state index in [-0.39, 0.29) is 6.04 Å². The third kappa shape index (κ3) is 2.70. The maximum atomic E-state index is 13.1. The van der Waals surface area contributed by atoms with Crippen LogP contribution in [0.15, 0.2) is 24.4 Å². The Balaban J connectivity index is 2.01. The largest absolute Gasteiger partial charge is 0.305 e. The minimum atomic E-state index is -0.832. The molecular formula is C12H14F2N4. The molecule has 0 saturated carbocycles. The van der Waals surface area contributed by atoms with Gasteiger partial charge in [0.15, 0.2) is 11.6 Å². The van der Waals surface area contributed by atoms with Gasteiger partial charge < -0.3 is 5.32 Å². The van der Waals surface area contributed by atoms with Crippen molar-refractivity contribution in [3.63, 3.8) is 0 Å². The molecular weight excluding hydrogens is 238 g/mol. The first-order valence-electron chi connectivity index (χ1n) is 5.60. The van der Waals surface area contributed by atoms with Crippen molar-refractivity contribution in [2.45, 2.75) is 19.5 Å². The molecule has 0 fully saturated rings. The molecule has 0 aliphatic rings. The molecule has 0 spiro atoms. The molecule has 18 heavy (non-hydrogen) atoms. The molecule has 1 aromatic heterocycles. The fourth-order valence-corrected chi connectivity index (χ4v) is 1.63. The number of aryl methyl sites for hydroxylation is 1. The highest BCUT2D eigenvalue weighted by atomic mass is 19.2. The van der Waals surface area contributed by atoms with Gasteiger partial charge in [0.25, 0.3) is 0 Å². The van der Waals surface area contributed by atoms with Crippen LogP contribution in [0.4, 0.5) is 8.78 Å². The highest BCUT2D eigenvalue weighted by Crippen LogP contribution is 2.16. The van der Waals surface area contributed by atoms with Crippen molar-refractivity contribution in [3.05, 3.63) is 47.3 Å². The Morgan fingerprint density at radius 3 is 2.72 bits per heavy atom. The van der Waals surface area contributed by atoms with Crippen LogP contribution in [0.1, 0.15) is 24.2 Å². The third-order valence-corrected chi connectivity index (χ3v) is 2.84. The Hall–Kier alpha value is -1.82. The zero-order valence-corrected chi connectivity index (χ0v) is 10.2. The summed E-state index contributed by atoms with van der Waals surface area (Å²) >= 11 is 0. The van der Waals surface area contributed by atoms with Gasteiger partial charge in [0, 0.05) is 19.6 Å². The lowest BCUT2D eigenvalue weighted by molar-refractivity contribution is 0.498. The summed E-state index contributed by atoms with van der Waals surface area (Å²) in [6.07, 6.45) is 1.66. The first-order chi connectivity index (χ1) is 8.58. The van der Waals surface area contributed by atoms with Gasteiger partial charge in [-0.1, -0.05) is 11.3 Å². The predicted octanol–water partition coefficient (Wildman–Crippen LogP) is 1.94. The molecule has 0 amide bonds. The van der Waals surface area contributed by atoms with Crippen molar-refractivity contribution in [1.29, 1.82) is 0 Å². The Bertz CT molecular complexity index is 539. The van der Waals surface area contributed by atoms with Crippen molar-refractivity contribution in [2.24, 2.45) is 7.05 Å². The molecule has 6 heteroatoms. The molecule has 1 unspecified atom stereocenters. The lowest BCUT2D eigenvalue weighted by atomic mass is 10.1. The molecule has 1 N–H and O–H groups in total. The highest BCUT2D eigenvalue weighted by Gasteiger charge is 2.09. The van der Waals surface area contributed by atoms with Crippen LogP contribution >= 0.6 is 0 Å². The summed E-state index contributed by atoms with van der Waals surface area (Å²) in [5, 5.41) is 10.8. The van der Waals surface area contributed by atoms with E-state index < -0.39 is 11.6 Å². The number of hydrogen-bond donors (Lipinski definition) is 1. The minimum absolute atomic E-state index is 0.0880. The fourth-order valence-electron chi connectivity index (χ4n) is 1.63. The van der Waals surface area contributed by atoms with E-state index in [0.717, 1.165) is 11.8 Å². The summed E-state index contributed by atoms with van der Waals surface area (Å²) in [5.74, 6) is -1.66. The van der Waals surface area contributed by atoms with Crippen LogP contribution in [0, 0.1) is 11.6 Å². The van der Waals surface area contributed by atoms with E-state index in [1.165, 1.54) is 6.07 Å². The molecule has 0 radical (unpaired) electrons. The zero-order valence-electron chi connectivity index (χ0n) is 10.2. The Morgan fingerprint density at radius 2 is 2.11 bits per heavy atom. The number of nitrogens with one attached hydrogen (secondary N) is 1. The van der Waals surface area contributed by atoms with Crippen LogP contribution in [0.25, 0.3) is 0 Å². The van der Waals surface area contributed by atoms with Crippen molar-refractivity contribution < 1.29 is 8.78 Å². The molecule has 96 valence electrons. The summed E-state index contributed by atoms with van der Waals surface area (Å²) < 4.78 is 27.6. The van der Waals surface area contributed by atoms with Gasteiger partial charge in [0.05, 0.1) is 11.9 Å². The number of rotatable bonds is 4. The van der Waals surface area contributed by atoms with E-state index in [4.69, 9.17) is 0 Å². The Morgan fingerprint density at radius 1 is 1.33 bits per heavy atom. The first-order valence-corrected chi connectivity index (χ1v) is 5.60. The fraction of sp³-hybridized carbons (Fsp3) is 0.333. The van der Waals surface area contributed by atoms with Gasteiger partial charge >= 0.3 is 0 Å². The molecule has 0 aliphatic heterocycles. The van der Waals surface area contributed by atoms with Gasteiger partial charge in [-0.05, 0) is 24.6 Å². The van der Waals surface area contributed by atoms with E-state index in [1.807, 2.05) is 6.92 Å². The summed E-state index contributed by atoms with van der Waals surface area (Å²) in [6, 6.07) is 3.82. The number of hydrogen-bond acceptors (Lipinski definition) is 3. The van der Waals surface area contributed by atoms with Crippen LogP contribution in [0.2, 0.25) is 0 Å². The van der Waals surface area contributed by atoms with Crippen molar-refractivity contribution in [1.82, 2.24) is 20.3 Å². The second-order valence-electron chi connectivity index (χ2n) is 4.13. The van der Waals surface area contributed by atoms with Crippen LogP contribution in [-0.4, -0.2) is 15.0 Å². The molecule has 1 heterocycles. The normalized spacial score (nSPS) is 12.7. The van der Waals surface area contributed by atoms with Gasteiger partial charge in [-0.25, -0.2) is 8.78 Å². The predicted molar refractivity (Wildman–Crippen MR) is 62.6 cm³/mol. The van der Waals surface area contributed by atoms with Crippen molar-refractivity contribution in [2.75, 3.05) is 0 Å². The molecule has 1 aromatic carbocycles. The molecule has 1 atom stereocenters. The summed E-state index contributed by atoms with van der Waals surface area (Å²) in [7, 11) is 1.80. The minimum Gasteiger partial charge on any atom is -0.305 e. The Kier molecular flexibility index (Phi) is 3.66. The first kappa shape index (κ1) is 12.6. The second-order valence-corrected chi connectivity index (χ2v) is 4.13. The summed E-state index contributed by atoms with van der Waals surface area (Å²) in [6.45, 7) is 2.44. The SMILES string of the molecule is CC(NCc1cnnn1C)c1ccc(F)c(F)c1. The zero-order chi connectivity index (χ0) is 13.1. The number of benzene rings is 1. The average Bonchev–Trinajstić information content (AvgIpc) is 2.75.